The summed E-state index contributed by atoms with van der Waals surface area (Å²) >= 11 is 0. The van der Waals surface area contributed by atoms with Crippen molar-refractivity contribution in [3.8, 4) is 0 Å². The summed E-state index contributed by atoms with van der Waals surface area (Å²) < 4.78 is 0. The standard InChI is InChI=1S/C23H31N5O/c1-16(2)22-24-17(3)15-20(25-22)27-11-13-28(14-12-27)23(29)26-21(19-9-10-19)18-7-5-4-6-8-18/h4-8,15-16,19,21H,9-14H2,1-3H3,(H,26,29). The molecule has 2 amide bonds. The number of carbonyl (C=O) groups excluding carboxylic acids is 1. The molecule has 6 heteroatoms. The van der Waals surface area contributed by atoms with Crippen LogP contribution >= 0.6 is 0 Å². The van der Waals surface area contributed by atoms with Crippen molar-refractivity contribution in [2.24, 2.45) is 5.92 Å². The van der Waals surface area contributed by atoms with Gasteiger partial charge in [-0.25, -0.2) is 14.8 Å². The summed E-state index contributed by atoms with van der Waals surface area (Å²) in [6.07, 6.45) is 2.39. The van der Waals surface area contributed by atoms with Gasteiger partial charge in [-0.2, -0.15) is 0 Å². The largest absolute Gasteiger partial charge is 0.353 e. The monoisotopic (exact) mass is 393 g/mol. The fourth-order valence-corrected chi connectivity index (χ4v) is 3.92. The minimum Gasteiger partial charge on any atom is -0.353 e. The van der Waals surface area contributed by atoms with E-state index >= 15 is 0 Å². The second-order valence-electron chi connectivity index (χ2n) is 8.53. The van der Waals surface area contributed by atoms with E-state index in [1.54, 1.807) is 0 Å². The SMILES string of the molecule is Cc1cc(N2CCN(C(=O)NC(c3ccccc3)C3CC3)CC2)nc(C(C)C)n1. The topological polar surface area (TPSA) is 61.4 Å². The average Bonchev–Trinajstić information content (AvgIpc) is 3.57. The zero-order chi connectivity index (χ0) is 20.4. The summed E-state index contributed by atoms with van der Waals surface area (Å²) in [7, 11) is 0. The van der Waals surface area contributed by atoms with Gasteiger partial charge in [-0.1, -0.05) is 44.2 Å². The first-order valence-electron chi connectivity index (χ1n) is 10.7. The first kappa shape index (κ1) is 19.7. The number of amides is 2. The molecule has 2 heterocycles. The second-order valence-corrected chi connectivity index (χ2v) is 8.53. The molecule has 0 spiro atoms. The lowest BCUT2D eigenvalue weighted by molar-refractivity contribution is 0.188. The van der Waals surface area contributed by atoms with E-state index in [4.69, 9.17) is 4.98 Å². The molecule has 2 fully saturated rings. The van der Waals surface area contributed by atoms with Gasteiger partial charge in [0.2, 0.25) is 0 Å². The van der Waals surface area contributed by atoms with Gasteiger partial charge in [-0.3, -0.25) is 0 Å². The van der Waals surface area contributed by atoms with Crippen LogP contribution in [0.2, 0.25) is 0 Å². The maximum atomic E-state index is 12.9. The van der Waals surface area contributed by atoms with E-state index in [9.17, 15) is 4.79 Å². The number of rotatable bonds is 5. The molecule has 1 N–H and O–H groups in total. The first-order chi connectivity index (χ1) is 14.0. The number of aryl methyl sites for hydroxylation is 1. The molecule has 1 aromatic heterocycles. The summed E-state index contributed by atoms with van der Waals surface area (Å²) in [6, 6.07) is 12.6. The number of hydrogen-bond donors (Lipinski definition) is 1. The van der Waals surface area contributed by atoms with Gasteiger partial charge in [0.1, 0.15) is 11.6 Å². The fraction of sp³-hybridized carbons (Fsp3) is 0.522. The van der Waals surface area contributed by atoms with Gasteiger partial charge in [0, 0.05) is 43.9 Å². The highest BCUT2D eigenvalue weighted by Gasteiger charge is 2.34. The van der Waals surface area contributed by atoms with Crippen LogP contribution in [-0.2, 0) is 0 Å². The minimum atomic E-state index is 0.0483. The number of piperazine rings is 1. The zero-order valence-corrected chi connectivity index (χ0v) is 17.6. The molecular weight excluding hydrogens is 362 g/mol. The Morgan fingerprint density at radius 1 is 1.07 bits per heavy atom. The molecule has 0 bridgehead atoms. The van der Waals surface area contributed by atoms with Crippen molar-refractivity contribution in [3.63, 3.8) is 0 Å². The highest BCUT2D eigenvalue weighted by atomic mass is 16.2. The van der Waals surface area contributed by atoms with E-state index in [0.717, 1.165) is 30.4 Å². The molecule has 1 unspecified atom stereocenters. The molecule has 4 rings (SSSR count). The van der Waals surface area contributed by atoms with E-state index in [1.165, 1.54) is 18.4 Å². The van der Waals surface area contributed by atoms with Crippen LogP contribution in [0, 0.1) is 12.8 Å². The van der Waals surface area contributed by atoms with Crippen LogP contribution in [0.25, 0.3) is 0 Å². The lowest BCUT2D eigenvalue weighted by Crippen LogP contribution is -2.52. The van der Waals surface area contributed by atoms with E-state index in [-0.39, 0.29) is 12.1 Å². The predicted octanol–water partition coefficient (Wildman–Crippen LogP) is 3.89. The quantitative estimate of drug-likeness (QED) is 0.837. The lowest BCUT2D eigenvalue weighted by Gasteiger charge is -2.36. The third-order valence-electron chi connectivity index (χ3n) is 5.80. The van der Waals surface area contributed by atoms with E-state index in [2.05, 4.69) is 41.2 Å². The maximum Gasteiger partial charge on any atom is 0.318 e. The van der Waals surface area contributed by atoms with Crippen LogP contribution < -0.4 is 10.2 Å². The van der Waals surface area contributed by atoms with Gasteiger partial charge in [-0.15, -0.1) is 0 Å². The van der Waals surface area contributed by atoms with Crippen molar-refractivity contribution < 1.29 is 4.79 Å². The molecule has 0 radical (unpaired) electrons. The molecule has 1 saturated heterocycles. The molecule has 2 aliphatic rings. The van der Waals surface area contributed by atoms with E-state index in [1.807, 2.05) is 36.1 Å². The highest BCUT2D eigenvalue weighted by Crippen LogP contribution is 2.41. The van der Waals surface area contributed by atoms with Crippen molar-refractivity contribution in [3.05, 3.63) is 53.5 Å². The number of nitrogens with one attached hydrogen (secondary N) is 1. The average molecular weight is 394 g/mol. The highest BCUT2D eigenvalue weighted by molar-refractivity contribution is 5.75. The summed E-state index contributed by atoms with van der Waals surface area (Å²) in [5.41, 5.74) is 2.20. The predicted molar refractivity (Wildman–Crippen MR) is 115 cm³/mol. The molecular formula is C23H31N5O. The Kier molecular flexibility index (Phi) is 5.69. The molecule has 1 saturated carbocycles. The Hall–Kier alpha value is -2.63. The van der Waals surface area contributed by atoms with Crippen LogP contribution in [0.4, 0.5) is 10.6 Å². The molecule has 2 aromatic rings. The van der Waals surface area contributed by atoms with Gasteiger partial charge in [0.25, 0.3) is 0 Å². The van der Waals surface area contributed by atoms with Crippen LogP contribution in [0.3, 0.4) is 0 Å². The Morgan fingerprint density at radius 3 is 2.38 bits per heavy atom. The molecule has 1 aliphatic carbocycles. The van der Waals surface area contributed by atoms with Gasteiger partial charge in [0.15, 0.2) is 0 Å². The van der Waals surface area contributed by atoms with Gasteiger partial charge >= 0.3 is 6.03 Å². The zero-order valence-electron chi connectivity index (χ0n) is 17.6. The van der Waals surface area contributed by atoms with Crippen molar-refractivity contribution in [2.45, 2.75) is 45.6 Å². The Bertz CT molecular complexity index is 842. The number of urea groups is 1. The molecule has 29 heavy (non-hydrogen) atoms. The molecule has 1 aliphatic heterocycles. The first-order valence-corrected chi connectivity index (χ1v) is 10.7. The van der Waals surface area contributed by atoms with Crippen molar-refractivity contribution in [1.82, 2.24) is 20.2 Å². The fourth-order valence-electron chi connectivity index (χ4n) is 3.92. The van der Waals surface area contributed by atoms with E-state index in [0.29, 0.717) is 24.9 Å². The van der Waals surface area contributed by atoms with Crippen LogP contribution in [0.15, 0.2) is 36.4 Å². The smallest absolute Gasteiger partial charge is 0.318 e. The Labute approximate surface area is 173 Å². The Balaban J connectivity index is 1.37. The van der Waals surface area contributed by atoms with Crippen LogP contribution in [-0.4, -0.2) is 47.1 Å². The molecule has 6 nitrogen and oxygen atoms in total. The third kappa shape index (κ3) is 4.69. The summed E-state index contributed by atoms with van der Waals surface area (Å²) in [5, 5.41) is 3.30. The number of nitrogens with zero attached hydrogens (tertiary/aromatic N) is 4. The third-order valence-corrected chi connectivity index (χ3v) is 5.80. The molecule has 1 aromatic carbocycles. The van der Waals surface area contributed by atoms with Gasteiger partial charge in [0.05, 0.1) is 6.04 Å². The van der Waals surface area contributed by atoms with E-state index < -0.39 is 0 Å². The number of hydrogen-bond acceptors (Lipinski definition) is 4. The summed E-state index contributed by atoms with van der Waals surface area (Å²) in [6.45, 7) is 9.24. The lowest BCUT2D eigenvalue weighted by atomic mass is 10.0. The van der Waals surface area contributed by atoms with Crippen molar-refractivity contribution in [1.29, 1.82) is 0 Å². The van der Waals surface area contributed by atoms with Crippen molar-refractivity contribution >= 4 is 11.8 Å². The molecule has 154 valence electrons. The number of benzene rings is 1. The second kappa shape index (κ2) is 8.39. The normalized spacial score (nSPS) is 18.1. The number of aromatic nitrogens is 2. The summed E-state index contributed by atoms with van der Waals surface area (Å²) in [5.74, 6) is 2.73. The minimum absolute atomic E-state index is 0.0483. The number of carbonyl (C=O) groups is 1. The van der Waals surface area contributed by atoms with Crippen LogP contribution in [0.5, 0.6) is 0 Å². The van der Waals surface area contributed by atoms with Crippen LogP contribution in [0.1, 0.15) is 55.7 Å². The maximum absolute atomic E-state index is 12.9. The van der Waals surface area contributed by atoms with Gasteiger partial charge < -0.3 is 15.1 Å². The van der Waals surface area contributed by atoms with Crippen molar-refractivity contribution in [2.75, 3.05) is 31.1 Å². The molecule has 1 atom stereocenters. The summed E-state index contributed by atoms with van der Waals surface area (Å²) in [4.78, 5) is 26.4. The van der Waals surface area contributed by atoms with Gasteiger partial charge in [-0.05, 0) is 31.2 Å². The number of anilines is 1. The Morgan fingerprint density at radius 2 is 1.76 bits per heavy atom.